The lowest BCUT2D eigenvalue weighted by Crippen LogP contribution is -2.35. The van der Waals surface area contributed by atoms with Gasteiger partial charge in [0.25, 0.3) is 0 Å². The number of rotatable bonds is 4. The fourth-order valence-corrected chi connectivity index (χ4v) is 5.71. The van der Waals surface area contributed by atoms with E-state index < -0.39 is 10.0 Å². The van der Waals surface area contributed by atoms with Gasteiger partial charge in [-0.15, -0.1) is 0 Å². The lowest BCUT2D eigenvalue weighted by Gasteiger charge is -2.27. The summed E-state index contributed by atoms with van der Waals surface area (Å²) in [7, 11) is -1.93. The molecule has 0 N–H and O–H groups in total. The van der Waals surface area contributed by atoms with Gasteiger partial charge in [0, 0.05) is 13.1 Å². The van der Waals surface area contributed by atoms with Crippen LogP contribution in [0.4, 0.5) is 0 Å². The van der Waals surface area contributed by atoms with Crippen molar-refractivity contribution in [3.63, 3.8) is 0 Å². The minimum absolute atomic E-state index is 0.328. The van der Waals surface area contributed by atoms with Crippen molar-refractivity contribution in [1.29, 1.82) is 0 Å². The van der Waals surface area contributed by atoms with Crippen LogP contribution in [-0.2, 0) is 10.0 Å². The van der Waals surface area contributed by atoms with Gasteiger partial charge in [-0.2, -0.15) is 4.31 Å². The second kappa shape index (κ2) is 7.52. The van der Waals surface area contributed by atoms with Crippen molar-refractivity contribution in [2.24, 2.45) is 0 Å². The molecule has 0 spiro atoms. The third kappa shape index (κ3) is 3.30. The SMILES string of the molecule is COc1ccc2c(c1)C1=CCN(S(=O)(=O)c3ccc(C)cc3)CC1=C2c1ccccc1. The van der Waals surface area contributed by atoms with Crippen LogP contribution < -0.4 is 4.74 Å². The van der Waals surface area contributed by atoms with Gasteiger partial charge in [-0.3, -0.25) is 0 Å². The van der Waals surface area contributed by atoms with Crippen molar-refractivity contribution >= 4 is 21.2 Å². The molecular weight excluding hydrogens is 406 g/mol. The van der Waals surface area contributed by atoms with Crippen molar-refractivity contribution in [1.82, 2.24) is 4.31 Å². The molecule has 0 fully saturated rings. The first-order valence-corrected chi connectivity index (χ1v) is 11.7. The van der Waals surface area contributed by atoms with E-state index >= 15 is 0 Å². The molecule has 0 bridgehead atoms. The molecule has 5 heteroatoms. The number of benzene rings is 3. The van der Waals surface area contributed by atoms with Crippen LogP contribution in [0, 0.1) is 6.92 Å². The summed E-state index contributed by atoms with van der Waals surface area (Å²) in [4.78, 5) is 0.328. The zero-order valence-corrected chi connectivity index (χ0v) is 18.3. The minimum atomic E-state index is -3.59. The topological polar surface area (TPSA) is 46.6 Å². The highest BCUT2D eigenvalue weighted by Gasteiger charge is 2.35. The molecular formula is C26H23NO3S. The van der Waals surface area contributed by atoms with E-state index in [-0.39, 0.29) is 0 Å². The van der Waals surface area contributed by atoms with Gasteiger partial charge < -0.3 is 4.74 Å². The number of methoxy groups -OCH3 is 1. The van der Waals surface area contributed by atoms with Gasteiger partial charge in [0.2, 0.25) is 10.0 Å². The van der Waals surface area contributed by atoms with E-state index in [0.717, 1.165) is 44.7 Å². The van der Waals surface area contributed by atoms with Gasteiger partial charge in [0.1, 0.15) is 5.75 Å². The van der Waals surface area contributed by atoms with Gasteiger partial charge in [-0.05, 0) is 64.6 Å². The Morgan fingerprint density at radius 1 is 0.903 bits per heavy atom. The Hall–Kier alpha value is -3.15. The molecule has 1 aliphatic carbocycles. The largest absolute Gasteiger partial charge is 0.497 e. The van der Waals surface area contributed by atoms with Gasteiger partial charge >= 0.3 is 0 Å². The van der Waals surface area contributed by atoms with Gasteiger partial charge in [-0.25, -0.2) is 8.42 Å². The number of nitrogens with zero attached hydrogens (tertiary/aromatic N) is 1. The highest BCUT2D eigenvalue weighted by atomic mass is 32.2. The van der Waals surface area contributed by atoms with Gasteiger partial charge in [0.15, 0.2) is 0 Å². The number of fused-ring (bicyclic) bond motifs is 3. The fraction of sp³-hybridized carbons (Fsp3) is 0.154. The first-order valence-electron chi connectivity index (χ1n) is 10.2. The molecule has 2 aliphatic rings. The maximum Gasteiger partial charge on any atom is 0.243 e. The Labute approximate surface area is 183 Å². The predicted octanol–water partition coefficient (Wildman–Crippen LogP) is 4.91. The van der Waals surface area contributed by atoms with Crippen LogP contribution in [0.2, 0.25) is 0 Å². The van der Waals surface area contributed by atoms with Crippen LogP contribution in [0.3, 0.4) is 0 Å². The number of aryl methyl sites for hydroxylation is 1. The Morgan fingerprint density at radius 3 is 2.35 bits per heavy atom. The molecule has 3 aromatic carbocycles. The molecule has 0 atom stereocenters. The molecule has 156 valence electrons. The molecule has 0 saturated carbocycles. The molecule has 31 heavy (non-hydrogen) atoms. The summed E-state index contributed by atoms with van der Waals surface area (Å²) in [5.41, 5.74) is 7.56. The average Bonchev–Trinajstić information content (AvgIpc) is 3.12. The molecule has 0 saturated heterocycles. The predicted molar refractivity (Wildman–Crippen MR) is 123 cm³/mol. The Kier molecular flexibility index (Phi) is 4.80. The molecule has 0 unspecified atom stereocenters. The highest BCUT2D eigenvalue weighted by Crippen LogP contribution is 2.47. The van der Waals surface area contributed by atoms with E-state index in [4.69, 9.17) is 4.74 Å². The van der Waals surface area contributed by atoms with Crippen molar-refractivity contribution in [2.75, 3.05) is 20.2 Å². The summed E-state index contributed by atoms with van der Waals surface area (Å²) in [6.45, 7) is 2.63. The molecule has 0 radical (unpaired) electrons. The monoisotopic (exact) mass is 429 g/mol. The molecule has 1 heterocycles. The average molecular weight is 430 g/mol. The molecule has 0 amide bonds. The summed E-state index contributed by atoms with van der Waals surface area (Å²) < 4.78 is 33.7. The third-order valence-corrected chi connectivity index (χ3v) is 7.79. The normalized spacial score (nSPS) is 16.0. The number of ether oxygens (including phenoxy) is 1. The Morgan fingerprint density at radius 2 is 1.65 bits per heavy atom. The number of sulfonamides is 1. The summed E-state index contributed by atoms with van der Waals surface area (Å²) in [5.74, 6) is 0.794. The van der Waals surface area contributed by atoms with E-state index in [1.165, 1.54) is 0 Å². The van der Waals surface area contributed by atoms with E-state index in [2.05, 4.69) is 18.2 Å². The van der Waals surface area contributed by atoms with Crippen LogP contribution in [0.25, 0.3) is 11.1 Å². The van der Waals surface area contributed by atoms with Crippen molar-refractivity contribution in [3.05, 3.63) is 107 Å². The smallest absolute Gasteiger partial charge is 0.243 e. The first-order chi connectivity index (χ1) is 15.0. The Bertz CT molecular complexity index is 1320. The third-order valence-electron chi connectivity index (χ3n) is 5.97. The van der Waals surface area contributed by atoms with Crippen LogP contribution >= 0.6 is 0 Å². The Balaban J connectivity index is 1.64. The van der Waals surface area contributed by atoms with Crippen molar-refractivity contribution < 1.29 is 13.2 Å². The maximum atomic E-state index is 13.4. The lowest BCUT2D eigenvalue weighted by atomic mass is 9.97. The fourth-order valence-electron chi connectivity index (χ4n) is 4.36. The minimum Gasteiger partial charge on any atom is -0.497 e. The summed E-state index contributed by atoms with van der Waals surface area (Å²) >= 11 is 0. The highest BCUT2D eigenvalue weighted by molar-refractivity contribution is 7.89. The van der Waals surface area contributed by atoms with Gasteiger partial charge in [0.05, 0.1) is 12.0 Å². The summed E-state index contributed by atoms with van der Waals surface area (Å²) in [5, 5.41) is 0. The second-order valence-corrected chi connectivity index (χ2v) is 9.80. The zero-order valence-electron chi connectivity index (χ0n) is 17.5. The molecule has 3 aromatic rings. The van der Waals surface area contributed by atoms with Crippen LogP contribution in [0.15, 0.2) is 89.3 Å². The summed E-state index contributed by atoms with van der Waals surface area (Å²) in [6, 6.07) is 23.3. The van der Waals surface area contributed by atoms with Crippen molar-refractivity contribution in [3.8, 4) is 5.75 Å². The molecule has 5 rings (SSSR count). The molecule has 0 aromatic heterocycles. The second-order valence-electron chi connectivity index (χ2n) is 7.86. The maximum absolute atomic E-state index is 13.4. The molecule has 4 nitrogen and oxygen atoms in total. The van der Waals surface area contributed by atoms with Crippen LogP contribution in [0.1, 0.15) is 22.3 Å². The number of hydrogen-bond acceptors (Lipinski definition) is 3. The van der Waals surface area contributed by atoms with E-state index in [1.807, 2.05) is 55.5 Å². The van der Waals surface area contributed by atoms with E-state index in [1.54, 1.807) is 23.5 Å². The van der Waals surface area contributed by atoms with Gasteiger partial charge in [-0.1, -0.05) is 60.2 Å². The zero-order chi connectivity index (χ0) is 21.6. The molecule has 1 aliphatic heterocycles. The lowest BCUT2D eigenvalue weighted by molar-refractivity contribution is 0.414. The number of hydrogen-bond donors (Lipinski definition) is 0. The van der Waals surface area contributed by atoms with E-state index in [0.29, 0.717) is 18.0 Å². The van der Waals surface area contributed by atoms with E-state index in [9.17, 15) is 8.42 Å². The standard InChI is InChI=1S/C26H23NO3S/c1-18-8-11-21(12-9-18)31(28,29)27-15-14-22-24-16-20(30-2)10-13-23(24)26(25(22)17-27)19-6-4-3-5-7-19/h3-14,16H,15,17H2,1-2H3. The first kappa shape index (κ1) is 19.8. The van der Waals surface area contributed by atoms with Crippen molar-refractivity contribution in [2.45, 2.75) is 11.8 Å². The summed E-state index contributed by atoms with van der Waals surface area (Å²) in [6.07, 6.45) is 2.03. The van der Waals surface area contributed by atoms with Crippen LogP contribution in [-0.4, -0.2) is 32.9 Å². The van der Waals surface area contributed by atoms with Crippen LogP contribution in [0.5, 0.6) is 5.75 Å². The quantitative estimate of drug-likeness (QED) is 0.592.